The molecular formula is C30H32N2O2. The number of pyridine rings is 2. The maximum atomic E-state index is 14.0. The van der Waals surface area contributed by atoms with Crippen LogP contribution in [0.2, 0.25) is 0 Å². The largest absolute Gasteiger partial charge is 0.354 e. The van der Waals surface area contributed by atoms with Crippen molar-refractivity contribution in [3.05, 3.63) is 76.1 Å². The Labute approximate surface area is 199 Å². The number of hydrogen-bond donors (Lipinski definition) is 2. The standard InChI is InChI=1S/C30H32N2O2/c1-11-13(3)17(7)25-21(15(11)5)29(33)23-19(9)28-24(20(10)27(23)31-25)30(34)22-16(6)12(2)14(4)18(8)26(22)32-28/h1-10H3,(H,31,33)(H,32,34). The first-order valence-electron chi connectivity index (χ1n) is 11.9. The third-order valence-electron chi connectivity index (χ3n) is 8.78. The van der Waals surface area contributed by atoms with Gasteiger partial charge in [-0.15, -0.1) is 0 Å². The highest BCUT2D eigenvalue weighted by molar-refractivity contribution is 6.09. The van der Waals surface area contributed by atoms with Crippen LogP contribution in [0.15, 0.2) is 9.59 Å². The van der Waals surface area contributed by atoms with E-state index in [1.54, 1.807) is 0 Å². The lowest BCUT2D eigenvalue weighted by Crippen LogP contribution is -2.15. The van der Waals surface area contributed by atoms with Crippen LogP contribution < -0.4 is 10.9 Å². The number of benzene rings is 3. The van der Waals surface area contributed by atoms with Gasteiger partial charge in [-0.25, -0.2) is 0 Å². The van der Waals surface area contributed by atoms with E-state index in [0.717, 1.165) is 77.3 Å². The second-order valence-electron chi connectivity index (χ2n) is 10.2. The molecule has 0 saturated carbocycles. The van der Waals surface area contributed by atoms with Gasteiger partial charge in [0.15, 0.2) is 10.9 Å². The van der Waals surface area contributed by atoms with Gasteiger partial charge in [0.25, 0.3) is 0 Å². The number of aromatic nitrogens is 2. The van der Waals surface area contributed by atoms with Gasteiger partial charge in [-0.05, 0) is 125 Å². The average Bonchev–Trinajstić information content (AvgIpc) is 2.80. The first kappa shape index (κ1) is 22.4. The molecule has 0 aliphatic rings. The molecule has 0 aliphatic carbocycles. The third-order valence-corrected chi connectivity index (χ3v) is 8.78. The van der Waals surface area contributed by atoms with Gasteiger partial charge in [-0.2, -0.15) is 0 Å². The van der Waals surface area contributed by atoms with Gasteiger partial charge < -0.3 is 9.97 Å². The second-order valence-corrected chi connectivity index (χ2v) is 10.2. The van der Waals surface area contributed by atoms with E-state index in [0.29, 0.717) is 10.8 Å². The molecular weight excluding hydrogens is 420 g/mol. The van der Waals surface area contributed by atoms with Gasteiger partial charge in [0.2, 0.25) is 0 Å². The highest BCUT2D eigenvalue weighted by Crippen LogP contribution is 2.34. The minimum atomic E-state index is 0.0314. The lowest BCUT2D eigenvalue weighted by Gasteiger charge is -2.19. The lowest BCUT2D eigenvalue weighted by atomic mass is 9.89. The van der Waals surface area contributed by atoms with Crippen molar-refractivity contribution < 1.29 is 0 Å². The van der Waals surface area contributed by atoms with Crippen molar-refractivity contribution in [2.75, 3.05) is 0 Å². The predicted octanol–water partition coefficient (Wildman–Crippen LogP) is 6.76. The van der Waals surface area contributed by atoms with Crippen molar-refractivity contribution in [2.45, 2.75) is 69.2 Å². The molecule has 5 rings (SSSR count). The Morgan fingerprint density at radius 3 is 0.882 bits per heavy atom. The van der Waals surface area contributed by atoms with Crippen LogP contribution in [0, 0.1) is 69.2 Å². The zero-order valence-electron chi connectivity index (χ0n) is 21.8. The maximum absolute atomic E-state index is 14.0. The summed E-state index contributed by atoms with van der Waals surface area (Å²) in [5.74, 6) is 0. The SMILES string of the molecule is Cc1c(C)c(C)c2c(=O)c3c(C)c4[nH]c5c(C)c(C)c(C)c(C)c5c(=O)c4c(C)c3[nH]c2c1C. The smallest absolute Gasteiger partial charge is 0.197 e. The monoisotopic (exact) mass is 452 g/mol. The summed E-state index contributed by atoms with van der Waals surface area (Å²) in [5, 5.41) is 2.82. The molecule has 0 amide bonds. The minimum absolute atomic E-state index is 0.0314. The normalized spacial score (nSPS) is 12.1. The topological polar surface area (TPSA) is 65.7 Å². The van der Waals surface area contributed by atoms with Gasteiger partial charge in [0.05, 0.1) is 32.8 Å². The summed E-state index contributed by atoms with van der Waals surface area (Å²) in [5.41, 5.74) is 13.9. The first-order valence-corrected chi connectivity index (χ1v) is 11.9. The van der Waals surface area contributed by atoms with Gasteiger partial charge in [0.1, 0.15) is 0 Å². The van der Waals surface area contributed by atoms with E-state index in [9.17, 15) is 9.59 Å². The molecule has 0 saturated heterocycles. The van der Waals surface area contributed by atoms with Crippen molar-refractivity contribution in [1.82, 2.24) is 9.97 Å². The first-order chi connectivity index (χ1) is 15.9. The molecule has 2 N–H and O–H groups in total. The van der Waals surface area contributed by atoms with Crippen molar-refractivity contribution >= 4 is 43.6 Å². The summed E-state index contributed by atoms with van der Waals surface area (Å²) < 4.78 is 0. The minimum Gasteiger partial charge on any atom is -0.354 e. The zero-order chi connectivity index (χ0) is 25.0. The van der Waals surface area contributed by atoms with Crippen molar-refractivity contribution in [3.63, 3.8) is 0 Å². The Kier molecular flexibility index (Phi) is 4.64. The molecule has 4 heteroatoms. The Balaban J connectivity index is 2.15. The van der Waals surface area contributed by atoms with Gasteiger partial charge in [-0.3, -0.25) is 9.59 Å². The van der Waals surface area contributed by atoms with E-state index in [1.807, 2.05) is 27.7 Å². The Hall–Kier alpha value is -3.40. The molecule has 5 aromatic rings. The van der Waals surface area contributed by atoms with Crippen LogP contribution in [0.3, 0.4) is 0 Å². The summed E-state index contributed by atoms with van der Waals surface area (Å²) in [6, 6.07) is 0. The fraction of sp³-hybridized carbons (Fsp3) is 0.333. The third kappa shape index (κ3) is 2.54. The van der Waals surface area contributed by atoms with E-state index in [1.165, 1.54) is 11.1 Å². The highest BCUT2D eigenvalue weighted by Gasteiger charge is 2.22. The molecule has 0 aliphatic heterocycles. The van der Waals surface area contributed by atoms with Crippen LogP contribution >= 0.6 is 0 Å². The summed E-state index contributed by atoms with van der Waals surface area (Å²) >= 11 is 0. The van der Waals surface area contributed by atoms with E-state index in [2.05, 4.69) is 51.5 Å². The summed E-state index contributed by atoms with van der Waals surface area (Å²) in [7, 11) is 0. The number of fused-ring (bicyclic) bond motifs is 4. The molecule has 2 aromatic heterocycles. The van der Waals surface area contributed by atoms with Crippen LogP contribution in [0.1, 0.15) is 55.6 Å². The molecule has 0 bridgehead atoms. The molecule has 0 atom stereocenters. The van der Waals surface area contributed by atoms with E-state index in [-0.39, 0.29) is 10.9 Å². The van der Waals surface area contributed by atoms with Crippen LogP contribution in [0.4, 0.5) is 0 Å². The fourth-order valence-corrected chi connectivity index (χ4v) is 5.89. The van der Waals surface area contributed by atoms with E-state index >= 15 is 0 Å². The van der Waals surface area contributed by atoms with E-state index in [4.69, 9.17) is 0 Å². The molecule has 2 heterocycles. The lowest BCUT2D eigenvalue weighted by molar-refractivity contribution is 1.22. The van der Waals surface area contributed by atoms with Crippen LogP contribution in [-0.4, -0.2) is 9.97 Å². The van der Waals surface area contributed by atoms with Gasteiger partial charge in [-0.1, -0.05) is 0 Å². The van der Waals surface area contributed by atoms with Gasteiger partial charge in [0, 0.05) is 10.8 Å². The number of hydrogen-bond acceptors (Lipinski definition) is 2. The van der Waals surface area contributed by atoms with Crippen molar-refractivity contribution in [1.29, 1.82) is 0 Å². The van der Waals surface area contributed by atoms with Crippen molar-refractivity contribution in [2.24, 2.45) is 0 Å². The van der Waals surface area contributed by atoms with Crippen LogP contribution in [0.25, 0.3) is 43.6 Å². The molecule has 34 heavy (non-hydrogen) atoms. The molecule has 3 aromatic carbocycles. The van der Waals surface area contributed by atoms with Crippen LogP contribution in [-0.2, 0) is 0 Å². The zero-order valence-corrected chi connectivity index (χ0v) is 21.8. The summed E-state index contributed by atoms with van der Waals surface area (Å²) in [6.07, 6.45) is 0. The summed E-state index contributed by atoms with van der Waals surface area (Å²) in [6.45, 7) is 20.5. The Bertz CT molecular complexity index is 1740. The number of aromatic amines is 2. The highest BCUT2D eigenvalue weighted by atomic mass is 16.1. The molecule has 0 fully saturated rings. The second kappa shape index (κ2) is 7.05. The maximum Gasteiger partial charge on any atom is 0.197 e. The number of H-pyrrole nitrogens is 2. The average molecular weight is 453 g/mol. The molecule has 0 spiro atoms. The van der Waals surface area contributed by atoms with Crippen molar-refractivity contribution in [3.8, 4) is 0 Å². The number of nitrogens with one attached hydrogen (secondary N) is 2. The quantitative estimate of drug-likeness (QED) is 0.255. The molecule has 0 unspecified atom stereocenters. The van der Waals surface area contributed by atoms with Crippen LogP contribution in [0.5, 0.6) is 0 Å². The molecule has 4 nitrogen and oxygen atoms in total. The number of rotatable bonds is 0. The van der Waals surface area contributed by atoms with E-state index < -0.39 is 0 Å². The summed E-state index contributed by atoms with van der Waals surface area (Å²) in [4.78, 5) is 35.2. The fourth-order valence-electron chi connectivity index (χ4n) is 5.89. The predicted molar refractivity (Wildman–Crippen MR) is 145 cm³/mol. The van der Waals surface area contributed by atoms with Gasteiger partial charge >= 0.3 is 0 Å². The Morgan fingerprint density at radius 2 is 0.559 bits per heavy atom. The molecule has 0 radical (unpaired) electrons. The Morgan fingerprint density at radius 1 is 0.324 bits per heavy atom. The number of aryl methyl sites for hydroxylation is 6. The molecule has 174 valence electrons.